The van der Waals surface area contributed by atoms with E-state index in [2.05, 4.69) is 31.4 Å². The zero-order valence-electron chi connectivity index (χ0n) is 12.1. The lowest BCUT2D eigenvalue weighted by Gasteiger charge is -2.14. The van der Waals surface area contributed by atoms with Gasteiger partial charge in [0.05, 0.1) is 12.7 Å². The van der Waals surface area contributed by atoms with Crippen molar-refractivity contribution in [1.82, 2.24) is 10.6 Å². The maximum Gasteiger partial charge on any atom is 0.222 e. The molecule has 0 rings (SSSR count). The van der Waals surface area contributed by atoms with Gasteiger partial charge in [0.2, 0.25) is 5.91 Å². The summed E-state index contributed by atoms with van der Waals surface area (Å²) in [4.78, 5) is 11.4. The third kappa shape index (κ3) is 13.7. The van der Waals surface area contributed by atoms with Crippen LogP contribution in [0.15, 0.2) is 0 Å². The van der Waals surface area contributed by atoms with Crippen molar-refractivity contribution in [3.63, 3.8) is 0 Å². The van der Waals surface area contributed by atoms with Crippen LogP contribution >= 0.6 is 12.4 Å². The zero-order valence-corrected chi connectivity index (χ0v) is 12.9. The van der Waals surface area contributed by atoms with E-state index in [1.807, 2.05) is 7.05 Å². The van der Waals surface area contributed by atoms with E-state index in [-0.39, 0.29) is 24.4 Å². The van der Waals surface area contributed by atoms with Crippen LogP contribution < -0.4 is 10.6 Å². The number of hydrogen-bond acceptors (Lipinski definition) is 3. The van der Waals surface area contributed by atoms with Crippen LogP contribution in [-0.4, -0.2) is 38.8 Å². The molecule has 0 aliphatic rings. The zero-order chi connectivity index (χ0) is 13.1. The molecule has 0 heterocycles. The van der Waals surface area contributed by atoms with Gasteiger partial charge >= 0.3 is 0 Å². The molecule has 2 N–H and O–H groups in total. The Hall–Kier alpha value is -0.320. The molecule has 1 atom stereocenters. The highest BCUT2D eigenvalue weighted by Gasteiger charge is 2.06. The third-order valence-corrected chi connectivity index (χ3v) is 2.46. The molecule has 1 amide bonds. The molecule has 0 saturated carbocycles. The minimum absolute atomic E-state index is 0. The van der Waals surface area contributed by atoms with Crippen LogP contribution in [0.25, 0.3) is 0 Å². The number of ether oxygens (including phenoxy) is 1. The Bertz CT molecular complexity index is 201. The minimum atomic E-state index is 0. The second-order valence-corrected chi connectivity index (χ2v) is 4.87. The first-order chi connectivity index (χ1) is 8.06. The number of rotatable bonds is 10. The Morgan fingerprint density at radius 2 is 1.89 bits per heavy atom. The lowest BCUT2D eigenvalue weighted by Crippen LogP contribution is -2.27. The van der Waals surface area contributed by atoms with E-state index in [4.69, 9.17) is 4.74 Å². The summed E-state index contributed by atoms with van der Waals surface area (Å²) in [6.45, 7) is 8.60. The predicted molar refractivity (Wildman–Crippen MR) is 78.3 cm³/mol. The average molecular weight is 281 g/mol. The largest absolute Gasteiger partial charge is 0.378 e. The van der Waals surface area contributed by atoms with Crippen LogP contribution in [0.4, 0.5) is 0 Å². The van der Waals surface area contributed by atoms with Crippen molar-refractivity contribution < 1.29 is 9.53 Å². The number of hydrogen-bond donors (Lipinski definition) is 2. The molecule has 0 fully saturated rings. The summed E-state index contributed by atoms with van der Waals surface area (Å²) in [5, 5.41) is 5.91. The van der Waals surface area contributed by atoms with Crippen molar-refractivity contribution in [3.8, 4) is 0 Å². The standard InChI is InChI=1S/C13H28N2O2.ClH/c1-11(2)10-12(3)17-9-6-13(16)15-8-5-7-14-4;/h11-12,14H,5-10H2,1-4H3,(H,15,16);1H. The van der Waals surface area contributed by atoms with Gasteiger partial charge in [-0.2, -0.15) is 0 Å². The predicted octanol–water partition coefficient (Wildman–Crippen LogP) is 1.98. The molecule has 0 aromatic carbocycles. The van der Waals surface area contributed by atoms with E-state index in [1.165, 1.54) is 0 Å². The molecule has 18 heavy (non-hydrogen) atoms. The Morgan fingerprint density at radius 3 is 2.44 bits per heavy atom. The van der Waals surface area contributed by atoms with Gasteiger partial charge in [-0.05, 0) is 39.3 Å². The monoisotopic (exact) mass is 280 g/mol. The minimum Gasteiger partial charge on any atom is -0.378 e. The van der Waals surface area contributed by atoms with Crippen LogP contribution in [0.2, 0.25) is 0 Å². The molecule has 0 aromatic rings. The smallest absolute Gasteiger partial charge is 0.222 e. The fourth-order valence-electron chi connectivity index (χ4n) is 1.67. The molecule has 0 spiro atoms. The van der Waals surface area contributed by atoms with E-state index in [9.17, 15) is 4.79 Å². The number of carbonyl (C=O) groups is 1. The first-order valence-electron chi connectivity index (χ1n) is 6.59. The molecule has 0 radical (unpaired) electrons. The van der Waals surface area contributed by atoms with Gasteiger partial charge in [-0.1, -0.05) is 13.8 Å². The van der Waals surface area contributed by atoms with E-state index >= 15 is 0 Å². The van der Waals surface area contributed by atoms with Gasteiger partial charge in [-0.25, -0.2) is 0 Å². The summed E-state index contributed by atoms with van der Waals surface area (Å²) in [5.74, 6) is 0.721. The lowest BCUT2D eigenvalue weighted by atomic mass is 10.1. The quantitative estimate of drug-likeness (QED) is 0.602. The summed E-state index contributed by atoms with van der Waals surface area (Å²) in [7, 11) is 1.91. The van der Waals surface area contributed by atoms with Gasteiger partial charge in [0.15, 0.2) is 0 Å². The molecular weight excluding hydrogens is 252 g/mol. The SMILES string of the molecule is CNCCCNC(=O)CCOC(C)CC(C)C.Cl. The summed E-state index contributed by atoms with van der Waals surface area (Å²) in [6, 6.07) is 0. The molecule has 0 aromatic heterocycles. The van der Waals surface area contributed by atoms with Crippen molar-refractivity contribution in [3.05, 3.63) is 0 Å². The maximum absolute atomic E-state index is 11.4. The number of carbonyl (C=O) groups excluding carboxylic acids is 1. The van der Waals surface area contributed by atoms with Crippen molar-refractivity contribution >= 4 is 18.3 Å². The molecule has 110 valence electrons. The molecule has 0 aliphatic heterocycles. The van der Waals surface area contributed by atoms with Crippen LogP contribution in [0, 0.1) is 5.92 Å². The van der Waals surface area contributed by atoms with Crippen LogP contribution in [0.3, 0.4) is 0 Å². The molecule has 0 aliphatic carbocycles. The van der Waals surface area contributed by atoms with Crippen molar-refractivity contribution in [2.45, 2.75) is 46.1 Å². The van der Waals surface area contributed by atoms with E-state index in [1.54, 1.807) is 0 Å². The fourth-order valence-corrected chi connectivity index (χ4v) is 1.67. The van der Waals surface area contributed by atoms with Crippen LogP contribution in [0.5, 0.6) is 0 Å². The van der Waals surface area contributed by atoms with Crippen molar-refractivity contribution in [1.29, 1.82) is 0 Å². The fraction of sp³-hybridized carbons (Fsp3) is 0.923. The molecule has 1 unspecified atom stereocenters. The van der Waals surface area contributed by atoms with Crippen molar-refractivity contribution in [2.75, 3.05) is 26.7 Å². The third-order valence-electron chi connectivity index (χ3n) is 2.46. The second-order valence-electron chi connectivity index (χ2n) is 4.87. The van der Waals surface area contributed by atoms with Gasteiger partial charge in [-0.3, -0.25) is 4.79 Å². The molecular formula is C13H29ClN2O2. The van der Waals surface area contributed by atoms with Crippen LogP contribution in [0.1, 0.15) is 40.0 Å². The summed E-state index contributed by atoms with van der Waals surface area (Å²) >= 11 is 0. The average Bonchev–Trinajstić information content (AvgIpc) is 2.23. The van der Waals surface area contributed by atoms with Gasteiger partial charge in [-0.15, -0.1) is 12.4 Å². The summed E-state index contributed by atoms with van der Waals surface area (Å²) in [5.41, 5.74) is 0. The number of amides is 1. The highest BCUT2D eigenvalue weighted by Crippen LogP contribution is 2.07. The highest BCUT2D eigenvalue weighted by atomic mass is 35.5. The van der Waals surface area contributed by atoms with Crippen LogP contribution in [-0.2, 0) is 9.53 Å². The molecule has 4 nitrogen and oxygen atoms in total. The van der Waals surface area contributed by atoms with Crippen molar-refractivity contribution in [2.24, 2.45) is 5.92 Å². The van der Waals surface area contributed by atoms with Gasteiger partial charge in [0, 0.05) is 13.0 Å². The highest BCUT2D eigenvalue weighted by molar-refractivity contribution is 5.85. The molecule has 5 heteroatoms. The Balaban J connectivity index is 0. The Kier molecular flexibility index (Phi) is 14.6. The summed E-state index contributed by atoms with van der Waals surface area (Å²) in [6.07, 6.45) is 2.71. The first kappa shape index (κ1) is 20.0. The maximum atomic E-state index is 11.4. The van der Waals surface area contributed by atoms with E-state index < -0.39 is 0 Å². The normalized spacial score (nSPS) is 12.1. The van der Waals surface area contributed by atoms with Gasteiger partial charge in [0.25, 0.3) is 0 Å². The molecule has 0 bridgehead atoms. The second kappa shape index (κ2) is 13.1. The Morgan fingerprint density at radius 1 is 1.22 bits per heavy atom. The lowest BCUT2D eigenvalue weighted by molar-refractivity contribution is -0.122. The molecule has 0 saturated heterocycles. The Labute approximate surface area is 118 Å². The topological polar surface area (TPSA) is 50.4 Å². The van der Waals surface area contributed by atoms with E-state index in [0.29, 0.717) is 18.9 Å². The summed E-state index contributed by atoms with van der Waals surface area (Å²) < 4.78 is 5.58. The van der Waals surface area contributed by atoms with Gasteiger partial charge in [0.1, 0.15) is 0 Å². The first-order valence-corrected chi connectivity index (χ1v) is 6.59. The number of nitrogens with one attached hydrogen (secondary N) is 2. The number of halogens is 1. The van der Waals surface area contributed by atoms with E-state index in [0.717, 1.165) is 25.9 Å². The van der Waals surface area contributed by atoms with Gasteiger partial charge < -0.3 is 15.4 Å².